The van der Waals surface area contributed by atoms with Crippen LogP contribution in [-0.4, -0.2) is 17.3 Å². The minimum atomic E-state index is 0.0491. The molecule has 3 aromatic rings. The van der Waals surface area contributed by atoms with Gasteiger partial charge in [0, 0.05) is 17.3 Å². The van der Waals surface area contributed by atoms with Gasteiger partial charge in [0.15, 0.2) is 0 Å². The number of ether oxygens (including phenoxy) is 1. The van der Waals surface area contributed by atoms with Crippen LogP contribution in [-0.2, 0) is 6.42 Å². The van der Waals surface area contributed by atoms with Gasteiger partial charge in [-0.3, -0.25) is 4.79 Å². The number of nitrogens with zero attached hydrogens (tertiary/aromatic N) is 1. The molecule has 0 aliphatic heterocycles. The molecular formula is C24H29NO2. The van der Waals surface area contributed by atoms with Crippen molar-refractivity contribution in [2.45, 2.75) is 51.9 Å². The SMILES string of the molecule is CCCCCCCCc1cc(C(=O)c2ccc(OC)cc2)n2ccccc12. The summed E-state index contributed by atoms with van der Waals surface area (Å²) in [6, 6.07) is 15.5. The number of ketones is 1. The third-order valence-electron chi connectivity index (χ3n) is 5.14. The van der Waals surface area contributed by atoms with Gasteiger partial charge in [-0.05, 0) is 60.9 Å². The van der Waals surface area contributed by atoms with Crippen molar-refractivity contribution in [1.29, 1.82) is 0 Å². The lowest BCUT2D eigenvalue weighted by Gasteiger charge is -2.04. The molecular weight excluding hydrogens is 334 g/mol. The molecule has 3 rings (SSSR count). The summed E-state index contributed by atoms with van der Waals surface area (Å²) < 4.78 is 7.22. The summed E-state index contributed by atoms with van der Waals surface area (Å²) in [5.74, 6) is 0.809. The lowest BCUT2D eigenvalue weighted by Crippen LogP contribution is -2.04. The molecule has 0 fully saturated rings. The number of unbranched alkanes of at least 4 members (excludes halogenated alkanes) is 5. The van der Waals surface area contributed by atoms with Crippen molar-refractivity contribution >= 4 is 11.3 Å². The number of pyridine rings is 1. The first-order chi connectivity index (χ1) is 13.2. The second-order valence-corrected chi connectivity index (χ2v) is 7.09. The number of hydrogen-bond donors (Lipinski definition) is 0. The molecule has 0 aliphatic carbocycles. The number of hydrogen-bond acceptors (Lipinski definition) is 2. The minimum absolute atomic E-state index is 0.0491. The average Bonchev–Trinajstić information content (AvgIpc) is 3.09. The molecule has 0 radical (unpaired) electrons. The zero-order valence-electron chi connectivity index (χ0n) is 16.4. The molecule has 3 nitrogen and oxygen atoms in total. The highest BCUT2D eigenvalue weighted by Gasteiger charge is 2.16. The van der Waals surface area contributed by atoms with E-state index >= 15 is 0 Å². The molecule has 27 heavy (non-hydrogen) atoms. The Morgan fingerprint density at radius 2 is 1.70 bits per heavy atom. The van der Waals surface area contributed by atoms with E-state index in [1.54, 1.807) is 7.11 Å². The summed E-state index contributed by atoms with van der Waals surface area (Å²) in [5.41, 5.74) is 3.83. The Labute approximate surface area is 162 Å². The van der Waals surface area contributed by atoms with Gasteiger partial charge < -0.3 is 9.14 Å². The highest BCUT2D eigenvalue weighted by atomic mass is 16.5. The summed E-state index contributed by atoms with van der Waals surface area (Å²) in [6.07, 6.45) is 10.7. The van der Waals surface area contributed by atoms with E-state index in [9.17, 15) is 4.79 Å². The van der Waals surface area contributed by atoms with Crippen LogP contribution in [0.3, 0.4) is 0 Å². The van der Waals surface area contributed by atoms with Crippen molar-refractivity contribution in [3.05, 3.63) is 71.5 Å². The molecule has 3 heteroatoms. The molecule has 0 amide bonds. The maximum absolute atomic E-state index is 13.1. The van der Waals surface area contributed by atoms with Gasteiger partial charge in [0.05, 0.1) is 12.8 Å². The van der Waals surface area contributed by atoms with E-state index in [1.165, 1.54) is 44.1 Å². The highest BCUT2D eigenvalue weighted by Crippen LogP contribution is 2.23. The molecule has 0 atom stereocenters. The number of rotatable bonds is 10. The number of carbonyl (C=O) groups is 1. The predicted octanol–water partition coefficient (Wildman–Crippen LogP) is 6.08. The van der Waals surface area contributed by atoms with Crippen molar-refractivity contribution in [1.82, 2.24) is 4.40 Å². The van der Waals surface area contributed by atoms with E-state index < -0.39 is 0 Å². The molecule has 142 valence electrons. The van der Waals surface area contributed by atoms with Crippen LogP contribution in [0, 0.1) is 0 Å². The van der Waals surface area contributed by atoms with E-state index in [0.29, 0.717) is 5.56 Å². The van der Waals surface area contributed by atoms with Gasteiger partial charge in [-0.2, -0.15) is 0 Å². The first kappa shape index (κ1) is 19.2. The summed E-state index contributed by atoms with van der Waals surface area (Å²) in [6.45, 7) is 2.24. The molecule has 0 bridgehead atoms. The van der Waals surface area contributed by atoms with Gasteiger partial charge in [0.1, 0.15) is 5.75 Å². The molecule has 0 aliphatic rings. The highest BCUT2D eigenvalue weighted by molar-refractivity contribution is 6.09. The van der Waals surface area contributed by atoms with Crippen molar-refractivity contribution < 1.29 is 9.53 Å². The smallest absolute Gasteiger partial charge is 0.209 e. The normalized spacial score (nSPS) is 11.0. The van der Waals surface area contributed by atoms with Crippen LogP contribution in [0.5, 0.6) is 5.75 Å². The number of methoxy groups -OCH3 is 1. The van der Waals surface area contributed by atoms with Gasteiger partial charge in [-0.25, -0.2) is 0 Å². The van der Waals surface area contributed by atoms with Gasteiger partial charge in [0.25, 0.3) is 0 Å². The lowest BCUT2D eigenvalue weighted by atomic mass is 10.0. The van der Waals surface area contributed by atoms with Crippen LogP contribution < -0.4 is 4.74 Å². The molecule has 0 N–H and O–H groups in total. The van der Waals surface area contributed by atoms with E-state index in [0.717, 1.165) is 23.4 Å². The summed E-state index contributed by atoms with van der Waals surface area (Å²) >= 11 is 0. The lowest BCUT2D eigenvalue weighted by molar-refractivity contribution is 0.103. The summed E-state index contributed by atoms with van der Waals surface area (Å²) in [7, 11) is 1.63. The van der Waals surface area contributed by atoms with Crippen molar-refractivity contribution in [3.63, 3.8) is 0 Å². The Morgan fingerprint density at radius 1 is 0.963 bits per heavy atom. The van der Waals surface area contributed by atoms with Crippen molar-refractivity contribution in [2.24, 2.45) is 0 Å². The first-order valence-electron chi connectivity index (χ1n) is 10.0. The minimum Gasteiger partial charge on any atom is -0.497 e. The van der Waals surface area contributed by atoms with Crippen LogP contribution >= 0.6 is 0 Å². The van der Waals surface area contributed by atoms with Crippen molar-refractivity contribution in [3.8, 4) is 5.75 Å². The fourth-order valence-corrected chi connectivity index (χ4v) is 3.58. The van der Waals surface area contributed by atoms with Crippen LogP contribution in [0.15, 0.2) is 54.7 Å². The quantitative estimate of drug-likeness (QED) is 0.323. The fraction of sp³-hybridized carbons (Fsp3) is 0.375. The monoisotopic (exact) mass is 363 g/mol. The maximum Gasteiger partial charge on any atom is 0.209 e. The first-order valence-corrected chi connectivity index (χ1v) is 10.0. The van der Waals surface area contributed by atoms with Crippen LogP contribution in [0.1, 0.15) is 67.1 Å². The van der Waals surface area contributed by atoms with E-state index in [4.69, 9.17) is 4.74 Å². The molecule has 0 saturated heterocycles. The number of benzene rings is 1. The second kappa shape index (κ2) is 9.40. The van der Waals surface area contributed by atoms with Crippen LogP contribution in [0.25, 0.3) is 5.52 Å². The largest absolute Gasteiger partial charge is 0.497 e. The third kappa shape index (κ3) is 4.60. The Hall–Kier alpha value is -2.55. The molecule has 0 spiro atoms. The zero-order valence-corrected chi connectivity index (χ0v) is 16.4. The second-order valence-electron chi connectivity index (χ2n) is 7.09. The standard InChI is InChI=1S/C24H29NO2/c1-3-4-5-6-7-8-11-20-18-23(25-17-10-9-12-22(20)25)24(26)19-13-15-21(27-2)16-14-19/h9-10,12-18H,3-8,11H2,1-2H3. The molecule has 2 heterocycles. The van der Waals surface area contributed by atoms with Crippen molar-refractivity contribution in [2.75, 3.05) is 7.11 Å². The van der Waals surface area contributed by atoms with E-state index in [2.05, 4.69) is 19.1 Å². The maximum atomic E-state index is 13.1. The van der Waals surface area contributed by atoms with E-state index in [1.807, 2.05) is 47.0 Å². The topological polar surface area (TPSA) is 30.7 Å². The Balaban J connectivity index is 1.78. The average molecular weight is 364 g/mol. The molecule has 1 aromatic carbocycles. The molecule has 2 aromatic heterocycles. The van der Waals surface area contributed by atoms with Crippen LogP contribution in [0.2, 0.25) is 0 Å². The van der Waals surface area contributed by atoms with Gasteiger partial charge >= 0.3 is 0 Å². The number of aryl methyl sites for hydroxylation is 1. The van der Waals surface area contributed by atoms with Gasteiger partial charge in [-0.1, -0.05) is 45.1 Å². The summed E-state index contributed by atoms with van der Waals surface area (Å²) in [5, 5.41) is 0. The fourth-order valence-electron chi connectivity index (χ4n) is 3.58. The number of aromatic nitrogens is 1. The third-order valence-corrected chi connectivity index (χ3v) is 5.14. The Bertz CT molecular complexity index is 877. The van der Waals surface area contributed by atoms with Gasteiger partial charge in [0.2, 0.25) is 5.78 Å². The number of carbonyl (C=O) groups excluding carboxylic acids is 1. The molecule has 0 saturated carbocycles. The van der Waals surface area contributed by atoms with Gasteiger partial charge in [-0.15, -0.1) is 0 Å². The Morgan fingerprint density at radius 3 is 2.44 bits per heavy atom. The van der Waals surface area contributed by atoms with Crippen LogP contribution in [0.4, 0.5) is 0 Å². The Kier molecular flexibility index (Phi) is 6.69. The summed E-state index contributed by atoms with van der Waals surface area (Å²) in [4.78, 5) is 13.1. The predicted molar refractivity (Wildman–Crippen MR) is 111 cm³/mol. The van der Waals surface area contributed by atoms with E-state index in [-0.39, 0.29) is 5.78 Å². The molecule has 0 unspecified atom stereocenters. The zero-order chi connectivity index (χ0) is 19.1. The number of fused-ring (bicyclic) bond motifs is 1.